The molecule has 1 rings (SSSR count). The van der Waals surface area contributed by atoms with Crippen LogP contribution in [0.2, 0.25) is 0 Å². The Bertz CT molecular complexity index is 337. The van der Waals surface area contributed by atoms with Gasteiger partial charge in [0.1, 0.15) is 5.75 Å². The second-order valence-corrected chi connectivity index (χ2v) is 4.74. The minimum atomic E-state index is 0.693. The summed E-state index contributed by atoms with van der Waals surface area (Å²) in [7, 11) is 1.64. The lowest BCUT2D eigenvalue weighted by Gasteiger charge is -2.12. The number of para-hydroxylation sites is 1. The highest BCUT2D eigenvalue weighted by molar-refractivity contribution is 5.72. The van der Waals surface area contributed by atoms with Gasteiger partial charge in [-0.25, -0.2) is 0 Å². The maximum absolute atomic E-state index is 5.97. The zero-order chi connectivity index (χ0) is 12.7. The monoisotopic (exact) mass is 236 g/mol. The second kappa shape index (κ2) is 7.05. The number of ether oxygens (including phenoxy) is 1. The van der Waals surface area contributed by atoms with Crippen molar-refractivity contribution in [3.63, 3.8) is 0 Å². The highest BCUT2D eigenvalue weighted by Gasteiger charge is 2.03. The summed E-state index contributed by atoms with van der Waals surface area (Å²) in [6.45, 7) is 5.48. The molecule has 3 heteroatoms. The van der Waals surface area contributed by atoms with Crippen LogP contribution in [0.25, 0.3) is 0 Å². The van der Waals surface area contributed by atoms with Gasteiger partial charge in [-0.3, -0.25) is 0 Å². The molecule has 0 aliphatic heterocycles. The summed E-state index contributed by atoms with van der Waals surface area (Å²) in [5, 5.41) is 3.36. The van der Waals surface area contributed by atoms with Gasteiger partial charge in [0.2, 0.25) is 0 Å². The number of hydrogen-bond donors (Lipinski definition) is 2. The van der Waals surface area contributed by atoms with E-state index in [0.717, 1.165) is 23.9 Å². The number of hydrogen-bond acceptors (Lipinski definition) is 3. The number of methoxy groups -OCH3 is 1. The number of rotatable bonds is 7. The minimum absolute atomic E-state index is 0.693. The minimum Gasteiger partial charge on any atom is -0.495 e. The highest BCUT2D eigenvalue weighted by atomic mass is 16.5. The zero-order valence-electron chi connectivity index (χ0n) is 11.1. The van der Waals surface area contributed by atoms with Crippen LogP contribution in [0.1, 0.15) is 33.1 Å². The van der Waals surface area contributed by atoms with Crippen molar-refractivity contribution in [3.8, 4) is 5.75 Å². The standard InChI is InChI=1S/C14H24N2O/c1-11(2)7-4-5-10-16-12-8-6-9-13(17-3)14(12)15/h6,8-9,11,16H,4-5,7,10,15H2,1-3H3. The molecule has 0 saturated carbocycles. The molecular formula is C14H24N2O. The predicted octanol–water partition coefficient (Wildman–Crippen LogP) is 3.52. The first-order valence-corrected chi connectivity index (χ1v) is 6.31. The van der Waals surface area contributed by atoms with E-state index in [0.29, 0.717) is 5.69 Å². The van der Waals surface area contributed by atoms with E-state index in [1.54, 1.807) is 7.11 Å². The molecule has 3 N–H and O–H groups in total. The summed E-state index contributed by atoms with van der Waals surface area (Å²) in [6, 6.07) is 5.81. The largest absolute Gasteiger partial charge is 0.495 e. The molecular weight excluding hydrogens is 212 g/mol. The Hall–Kier alpha value is -1.38. The Balaban J connectivity index is 2.36. The fourth-order valence-corrected chi connectivity index (χ4v) is 1.78. The normalized spacial score (nSPS) is 10.6. The second-order valence-electron chi connectivity index (χ2n) is 4.74. The van der Waals surface area contributed by atoms with Crippen LogP contribution >= 0.6 is 0 Å². The molecule has 3 nitrogen and oxygen atoms in total. The van der Waals surface area contributed by atoms with Crippen LogP contribution in [0.3, 0.4) is 0 Å². The first-order chi connectivity index (χ1) is 8.15. The molecule has 0 aromatic heterocycles. The van der Waals surface area contributed by atoms with Crippen molar-refractivity contribution in [2.24, 2.45) is 5.92 Å². The van der Waals surface area contributed by atoms with Crippen molar-refractivity contribution in [1.82, 2.24) is 0 Å². The van der Waals surface area contributed by atoms with E-state index < -0.39 is 0 Å². The van der Waals surface area contributed by atoms with E-state index in [1.165, 1.54) is 19.3 Å². The molecule has 0 aliphatic carbocycles. The van der Waals surface area contributed by atoms with Crippen LogP contribution in [-0.4, -0.2) is 13.7 Å². The molecule has 0 radical (unpaired) electrons. The van der Waals surface area contributed by atoms with Crippen LogP contribution in [-0.2, 0) is 0 Å². The van der Waals surface area contributed by atoms with Gasteiger partial charge < -0.3 is 15.8 Å². The Labute approximate surface area is 104 Å². The summed E-state index contributed by atoms with van der Waals surface area (Å²) < 4.78 is 5.18. The molecule has 96 valence electrons. The summed E-state index contributed by atoms with van der Waals surface area (Å²) in [5.41, 5.74) is 7.63. The summed E-state index contributed by atoms with van der Waals surface area (Å²) in [5.74, 6) is 1.52. The van der Waals surface area contributed by atoms with Gasteiger partial charge in [0.15, 0.2) is 0 Å². The van der Waals surface area contributed by atoms with Gasteiger partial charge in [-0.1, -0.05) is 32.8 Å². The van der Waals surface area contributed by atoms with E-state index >= 15 is 0 Å². The molecule has 17 heavy (non-hydrogen) atoms. The fourth-order valence-electron chi connectivity index (χ4n) is 1.78. The van der Waals surface area contributed by atoms with Gasteiger partial charge in [0.05, 0.1) is 18.5 Å². The molecule has 0 atom stereocenters. The Morgan fingerprint density at radius 2 is 2.06 bits per heavy atom. The van der Waals surface area contributed by atoms with Gasteiger partial charge in [0.25, 0.3) is 0 Å². The van der Waals surface area contributed by atoms with E-state index in [4.69, 9.17) is 10.5 Å². The maximum Gasteiger partial charge on any atom is 0.143 e. The molecule has 0 aliphatic rings. The number of unbranched alkanes of at least 4 members (excludes halogenated alkanes) is 1. The van der Waals surface area contributed by atoms with Gasteiger partial charge >= 0.3 is 0 Å². The van der Waals surface area contributed by atoms with Gasteiger partial charge in [-0.2, -0.15) is 0 Å². The average Bonchev–Trinajstić information content (AvgIpc) is 2.30. The van der Waals surface area contributed by atoms with Crippen molar-refractivity contribution in [1.29, 1.82) is 0 Å². The smallest absolute Gasteiger partial charge is 0.143 e. The van der Waals surface area contributed by atoms with Gasteiger partial charge in [-0.05, 0) is 24.5 Å². The Morgan fingerprint density at radius 1 is 1.29 bits per heavy atom. The molecule has 0 bridgehead atoms. The first kappa shape index (κ1) is 13.7. The van der Waals surface area contributed by atoms with Crippen molar-refractivity contribution < 1.29 is 4.74 Å². The summed E-state index contributed by atoms with van der Waals surface area (Å²) >= 11 is 0. The molecule has 1 aromatic rings. The number of nitrogen functional groups attached to an aromatic ring is 1. The topological polar surface area (TPSA) is 47.3 Å². The molecule has 1 aromatic carbocycles. The van der Waals surface area contributed by atoms with Crippen LogP contribution < -0.4 is 15.8 Å². The summed E-state index contributed by atoms with van der Waals surface area (Å²) in [4.78, 5) is 0. The van der Waals surface area contributed by atoms with Crippen LogP contribution in [0.4, 0.5) is 11.4 Å². The predicted molar refractivity (Wildman–Crippen MR) is 74.6 cm³/mol. The third-order valence-electron chi connectivity index (χ3n) is 2.81. The van der Waals surface area contributed by atoms with Crippen molar-refractivity contribution in [2.75, 3.05) is 24.7 Å². The quantitative estimate of drug-likeness (QED) is 0.562. The molecule has 0 saturated heterocycles. The van der Waals surface area contributed by atoms with E-state index in [2.05, 4.69) is 19.2 Å². The third-order valence-corrected chi connectivity index (χ3v) is 2.81. The van der Waals surface area contributed by atoms with Gasteiger partial charge in [-0.15, -0.1) is 0 Å². The zero-order valence-corrected chi connectivity index (χ0v) is 11.1. The lowest BCUT2D eigenvalue weighted by atomic mass is 10.1. The molecule has 0 amide bonds. The van der Waals surface area contributed by atoms with Crippen LogP contribution in [0, 0.1) is 5.92 Å². The number of anilines is 2. The summed E-state index contributed by atoms with van der Waals surface area (Å²) in [6.07, 6.45) is 3.72. The number of nitrogens with two attached hydrogens (primary N) is 1. The van der Waals surface area contributed by atoms with Crippen molar-refractivity contribution >= 4 is 11.4 Å². The van der Waals surface area contributed by atoms with Gasteiger partial charge in [0, 0.05) is 6.54 Å². The molecule has 0 spiro atoms. The van der Waals surface area contributed by atoms with Crippen LogP contribution in [0.15, 0.2) is 18.2 Å². The lowest BCUT2D eigenvalue weighted by Crippen LogP contribution is -2.05. The Kier molecular flexibility index (Phi) is 5.67. The third kappa shape index (κ3) is 4.55. The van der Waals surface area contributed by atoms with Crippen LogP contribution in [0.5, 0.6) is 5.75 Å². The molecule has 0 fully saturated rings. The molecule has 0 unspecified atom stereocenters. The number of nitrogens with one attached hydrogen (secondary N) is 1. The maximum atomic E-state index is 5.97. The van der Waals surface area contributed by atoms with Crippen molar-refractivity contribution in [3.05, 3.63) is 18.2 Å². The fraction of sp³-hybridized carbons (Fsp3) is 0.571. The van der Waals surface area contributed by atoms with E-state index in [-0.39, 0.29) is 0 Å². The van der Waals surface area contributed by atoms with E-state index in [9.17, 15) is 0 Å². The van der Waals surface area contributed by atoms with Crippen molar-refractivity contribution in [2.45, 2.75) is 33.1 Å². The lowest BCUT2D eigenvalue weighted by molar-refractivity contribution is 0.417. The molecule has 0 heterocycles. The SMILES string of the molecule is COc1cccc(NCCCCC(C)C)c1N. The number of benzene rings is 1. The Morgan fingerprint density at radius 3 is 2.71 bits per heavy atom. The highest BCUT2D eigenvalue weighted by Crippen LogP contribution is 2.28. The first-order valence-electron chi connectivity index (χ1n) is 6.31. The average molecular weight is 236 g/mol. The van der Waals surface area contributed by atoms with E-state index in [1.807, 2.05) is 18.2 Å².